The fraction of sp³-hybridized carbons (Fsp3) is 0.214. The molecule has 0 atom stereocenters. The Labute approximate surface area is 108 Å². The van der Waals surface area contributed by atoms with Crippen molar-refractivity contribution in [1.82, 2.24) is 0 Å². The van der Waals surface area contributed by atoms with Crippen LogP contribution in [0.3, 0.4) is 0 Å². The molecule has 2 nitrogen and oxygen atoms in total. The summed E-state index contributed by atoms with van der Waals surface area (Å²) in [6, 6.07) is 7.56. The highest BCUT2D eigenvalue weighted by Gasteiger charge is 2.12. The number of carbonyl (C=O) groups excluding carboxylic acids is 1. The van der Waals surface area contributed by atoms with Gasteiger partial charge in [-0.3, -0.25) is 4.79 Å². The SMILES string of the molecule is C=CCCCC(=O)c1cc2cccc(Br)c2o1. The van der Waals surface area contributed by atoms with Gasteiger partial charge < -0.3 is 4.42 Å². The summed E-state index contributed by atoms with van der Waals surface area (Å²) in [6.45, 7) is 3.64. The number of allylic oxidation sites excluding steroid dienone is 1. The average molecular weight is 293 g/mol. The lowest BCUT2D eigenvalue weighted by atomic mass is 10.1. The zero-order valence-corrected chi connectivity index (χ0v) is 11.0. The van der Waals surface area contributed by atoms with E-state index in [1.165, 1.54) is 0 Å². The molecule has 0 bridgehead atoms. The molecule has 0 fully saturated rings. The lowest BCUT2D eigenvalue weighted by molar-refractivity contribution is 0.0955. The van der Waals surface area contributed by atoms with Crippen LogP contribution in [0.1, 0.15) is 29.8 Å². The minimum Gasteiger partial charge on any atom is -0.452 e. The van der Waals surface area contributed by atoms with Crippen LogP contribution in [0.4, 0.5) is 0 Å². The molecule has 88 valence electrons. The van der Waals surface area contributed by atoms with Crippen molar-refractivity contribution in [2.24, 2.45) is 0 Å². The van der Waals surface area contributed by atoms with Crippen LogP contribution in [0.5, 0.6) is 0 Å². The fourth-order valence-corrected chi connectivity index (χ4v) is 2.16. The van der Waals surface area contributed by atoms with Gasteiger partial charge in [-0.1, -0.05) is 18.2 Å². The molecule has 17 heavy (non-hydrogen) atoms. The van der Waals surface area contributed by atoms with Gasteiger partial charge in [0.2, 0.25) is 0 Å². The number of benzene rings is 1. The zero-order chi connectivity index (χ0) is 12.3. The number of hydrogen-bond donors (Lipinski definition) is 0. The highest BCUT2D eigenvalue weighted by atomic mass is 79.9. The number of Topliss-reactive ketones (excluding diaryl/α,β-unsaturated/α-hetero) is 1. The summed E-state index contributed by atoms with van der Waals surface area (Å²) in [7, 11) is 0. The molecular weight excluding hydrogens is 280 g/mol. The lowest BCUT2D eigenvalue weighted by Gasteiger charge is -1.94. The van der Waals surface area contributed by atoms with Gasteiger partial charge in [0, 0.05) is 11.8 Å². The van der Waals surface area contributed by atoms with Crippen LogP contribution < -0.4 is 0 Å². The van der Waals surface area contributed by atoms with Crippen molar-refractivity contribution in [1.29, 1.82) is 0 Å². The average Bonchev–Trinajstić information content (AvgIpc) is 2.75. The first kappa shape index (κ1) is 12.1. The third-order valence-electron chi connectivity index (χ3n) is 2.58. The second kappa shape index (κ2) is 5.32. The third kappa shape index (κ3) is 2.67. The van der Waals surface area contributed by atoms with Gasteiger partial charge >= 0.3 is 0 Å². The van der Waals surface area contributed by atoms with Gasteiger partial charge in [-0.25, -0.2) is 0 Å². The smallest absolute Gasteiger partial charge is 0.198 e. The largest absolute Gasteiger partial charge is 0.452 e. The van der Waals surface area contributed by atoms with E-state index < -0.39 is 0 Å². The zero-order valence-electron chi connectivity index (χ0n) is 9.41. The van der Waals surface area contributed by atoms with Gasteiger partial charge in [0.15, 0.2) is 11.5 Å². The molecule has 0 spiro atoms. The highest BCUT2D eigenvalue weighted by Crippen LogP contribution is 2.27. The molecule has 0 N–H and O–H groups in total. The minimum absolute atomic E-state index is 0.0509. The van der Waals surface area contributed by atoms with Crippen molar-refractivity contribution in [3.63, 3.8) is 0 Å². The number of unbranched alkanes of at least 4 members (excludes halogenated alkanes) is 1. The Morgan fingerprint density at radius 3 is 3.00 bits per heavy atom. The van der Waals surface area contributed by atoms with Crippen molar-refractivity contribution < 1.29 is 9.21 Å². The van der Waals surface area contributed by atoms with Gasteiger partial charge in [0.1, 0.15) is 5.58 Å². The Hall–Kier alpha value is -1.35. The maximum absolute atomic E-state index is 11.9. The van der Waals surface area contributed by atoms with Crippen LogP contribution in [0, 0.1) is 0 Å². The number of rotatable bonds is 5. The second-order valence-corrected chi connectivity index (χ2v) is 4.73. The van der Waals surface area contributed by atoms with E-state index >= 15 is 0 Å². The summed E-state index contributed by atoms with van der Waals surface area (Å²) >= 11 is 3.40. The van der Waals surface area contributed by atoms with Crippen LogP contribution in [0.15, 0.2) is 45.8 Å². The number of hydrogen-bond acceptors (Lipinski definition) is 2. The van der Waals surface area contributed by atoms with Crippen LogP contribution in [0.25, 0.3) is 11.0 Å². The molecule has 0 amide bonds. The summed E-state index contributed by atoms with van der Waals surface area (Å²) in [4.78, 5) is 11.9. The number of furan rings is 1. The van der Waals surface area contributed by atoms with Crippen LogP contribution in [-0.2, 0) is 0 Å². The Balaban J connectivity index is 2.21. The van der Waals surface area contributed by atoms with Crippen molar-refractivity contribution >= 4 is 32.7 Å². The van der Waals surface area contributed by atoms with Crippen LogP contribution in [-0.4, -0.2) is 5.78 Å². The molecule has 0 unspecified atom stereocenters. The van der Waals surface area contributed by atoms with Crippen LogP contribution in [0.2, 0.25) is 0 Å². The third-order valence-corrected chi connectivity index (χ3v) is 3.21. The predicted octanol–water partition coefficient (Wildman–Crippen LogP) is 4.73. The normalized spacial score (nSPS) is 10.6. The fourth-order valence-electron chi connectivity index (χ4n) is 1.70. The molecule has 0 aliphatic carbocycles. The van der Waals surface area contributed by atoms with E-state index in [0.717, 1.165) is 28.3 Å². The number of halogens is 1. The van der Waals surface area contributed by atoms with Crippen molar-refractivity contribution in [2.45, 2.75) is 19.3 Å². The van der Waals surface area contributed by atoms with Crippen LogP contribution >= 0.6 is 15.9 Å². The summed E-state index contributed by atoms with van der Waals surface area (Å²) in [5.41, 5.74) is 0.736. The molecule has 0 aliphatic rings. The number of ketones is 1. The van der Waals surface area contributed by atoms with E-state index in [2.05, 4.69) is 22.5 Å². The maximum atomic E-state index is 11.9. The molecule has 2 rings (SSSR count). The molecule has 0 aliphatic heterocycles. The molecule has 1 aromatic heterocycles. The Morgan fingerprint density at radius 2 is 2.29 bits per heavy atom. The second-order valence-electron chi connectivity index (χ2n) is 3.87. The van der Waals surface area contributed by atoms with E-state index in [9.17, 15) is 4.79 Å². The van der Waals surface area contributed by atoms with Gasteiger partial charge in [-0.05, 0) is 40.9 Å². The molecule has 0 saturated carbocycles. The van der Waals surface area contributed by atoms with Gasteiger partial charge in [-0.15, -0.1) is 6.58 Å². The van der Waals surface area contributed by atoms with E-state index in [1.807, 2.05) is 24.3 Å². The number of para-hydroxylation sites is 1. The molecule has 1 aromatic carbocycles. The summed E-state index contributed by atoms with van der Waals surface area (Å²) in [6.07, 6.45) is 4.00. The Bertz CT molecular complexity index is 554. The highest BCUT2D eigenvalue weighted by molar-refractivity contribution is 9.10. The van der Waals surface area contributed by atoms with Crippen molar-refractivity contribution in [3.8, 4) is 0 Å². The molecule has 0 saturated heterocycles. The Kier molecular flexibility index (Phi) is 3.79. The molecule has 0 radical (unpaired) electrons. The predicted molar refractivity (Wildman–Crippen MR) is 72.3 cm³/mol. The summed E-state index contributed by atoms with van der Waals surface area (Å²) in [5, 5.41) is 0.950. The first-order valence-corrected chi connectivity index (χ1v) is 6.34. The van der Waals surface area contributed by atoms with Gasteiger partial charge in [0.05, 0.1) is 4.47 Å². The first-order valence-electron chi connectivity index (χ1n) is 5.54. The van der Waals surface area contributed by atoms with Crippen molar-refractivity contribution in [3.05, 3.63) is 47.2 Å². The molecular formula is C14H13BrO2. The van der Waals surface area contributed by atoms with Gasteiger partial charge in [-0.2, -0.15) is 0 Å². The standard InChI is InChI=1S/C14H13BrO2/c1-2-3-4-8-12(16)13-9-10-6-5-7-11(15)14(10)17-13/h2,5-7,9H,1,3-4,8H2. The molecule has 2 aromatic rings. The summed E-state index contributed by atoms with van der Waals surface area (Å²) < 4.78 is 6.44. The van der Waals surface area contributed by atoms with E-state index in [4.69, 9.17) is 4.42 Å². The number of fused-ring (bicyclic) bond motifs is 1. The van der Waals surface area contributed by atoms with Gasteiger partial charge in [0.25, 0.3) is 0 Å². The first-order chi connectivity index (χ1) is 8.22. The summed E-state index contributed by atoms with van der Waals surface area (Å²) in [5.74, 6) is 0.492. The Morgan fingerprint density at radius 1 is 1.47 bits per heavy atom. The van der Waals surface area contributed by atoms with E-state index in [0.29, 0.717) is 12.2 Å². The maximum Gasteiger partial charge on any atom is 0.198 e. The van der Waals surface area contributed by atoms with Crippen molar-refractivity contribution in [2.75, 3.05) is 0 Å². The van der Waals surface area contributed by atoms with E-state index in [1.54, 1.807) is 6.07 Å². The minimum atomic E-state index is 0.0509. The topological polar surface area (TPSA) is 30.2 Å². The quantitative estimate of drug-likeness (QED) is 0.453. The molecule has 1 heterocycles. The lowest BCUT2D eigenvalue weighted by Crippen LogP contribution is -1.95. The number of carbonyl (C=O) groups is 1. The molecule has 3 heteroatoms. The van der Waals surface area contributed by atoms with E-state index in [-0.39, 0.29) is 5.78 Å². The monoisotopic (exact) mass is 292 g/mol.